The van der Waals surface area contributed by atoms with Crippen LogP contribution in [0.3, 0.4) is 0 Å². The van der Waals surface area contributed by atoms with Crippen LogP contribution < -0.4 is 10.1 Å². The van der Waals surface area contributed by atoms with Gasteiger partial charge in [0.05, 0.1) is 12.6 Å². The van der Waals surface area contributed by atoms with E-state index in [1.165, 1.54) is 11.3 Å². The highest BCUT2D eigenvalue weighted by Crippen LogP contribution is 2.34. The van der Waals surface area contributed by atoms with Gasteiger partial charge >= 0.3 is 0 Å². The maximum atomic E-state index is 13.1. The number of carbonyl (C=O) groups is 1. The normalized spacial score (nSPS) is 15.7. The Morgan fingerprint density at radius 3 is 2.66 bits per heavy atom. The Morgan fingerprint density at radius 2 is 1.97 bits per heavy atom. The summed E-state index contributed by atoms with van der Waals surface area (Å²) >= 11 is 5.00. The van der Waals surface area contributed by atoms with Gasteiger partial charge in [-0.2, -0.15) is 0 Å². The van der Waals surface area contributed by atoms with Crippen molar-refractivity contribution in [2.24, 2.45) is 0 Å². The molecule has 0 atom stereocenters. The van der Waals surface area contributed by atoms with Crippen molar-refractivity contribution >= 4 is 33.2 Å². The maximum absolute atomic E-state index is 13.1. The Labute approximate surface area is 182 Å². The molecule has 0 unspecified atom stereocenters. The molecule has 1 amide bonds. The number of benzene rings is 2. The quantitative estimate of drug-likeness (QED) is 0.566. The highest BCUT2D eigenvalue weighted by molar-refractivity contribution is 9.10. The van der Waals surface area contributed by atoms with Gasteiger partial charge in [-0.3, -0.25) is 4.79 Å². The number of rotatable bonds is 5. The molecule has 1 fully saturated rings. The minimum atomic E-state index is -0.455. The summed E-state index contributed by atoms with van der Waals surface area (Å²) in [6.07, 6.45) is 1.45. The fourth-order valence-electron chi connectivity index (χ4n) is 3.52. The van der Waals surface area contributed by atoms with Crippen molar-refractivity contribution in [1.29, 1.82) is 0 Å². The first kappa shape index (κ1) is 20.1. The van der Waals surface area contributed by atoms with Crippen molar-refractivity contribution in [2.45, 2.75) is 18.4 Å². The van der Waals surface area contributed by atoms with Crippen LogP contribution in [0.5, 0.6) is 5.75 Å². The van der Waals surface area contributed by atoms with E-state index in [1.54, 1.807) is 7.11 Å². The third-order valence-corrected chi connectivity index (χ3v) is 6.53. The first-order valence-corrected chi connectivity index (χ1v) is 11.0. The minimum Gasteiger partial charge on any atom is -0.497 e. The van der Waals surface area contributed by atoms with Crippen LogP contribution in [0.15, 0.2) is 58.4 Å². The lowest BCUT2D eigenvalue weighted by Crippen LogP contribution is -2.49. The molecule has 0 saturated carbocycles. The summed E-state index contributed by atoms with van der Waals surface area (Å²) in [5, 5.41) is 5.87. The van der Waals surface area contributed by atoms with E-state index in [9.17, 15) is 4.79 Å². The predicted octanol–water partition coefficient (Wildman–Crippen LogP) is 5.02. The summed E-state index contributed by atoms with van der Waals surface area (Å²) in [4.78, 5) is 17.7. The SMILES string of the molecule is COc1ccc(-c2nc(C(=O)NC3(c4cccc(Br)c4)CCOCC3)cs2)cc1. The molecule has 29 heavy (non-hydrogen) atoms. The Hall–Kier alpha value is -2.22. The number of thiazole rings is 1. The molecule has 1 saturated heterocycles. The second kappa shape index (κ2) is 8.65. The van der Waals surface area contributed by atoms with E-state index in [0.29, 0.717) is 18.9 Å². The van der Waals surface area contributed by atoms with E-state index >= 15 is 0 Å². The molecule has 1 N–H and O–H groups in total. The first-order chi connectivity index (χ1) is 14.1. The number of nitrogens with zero attached hydrogens (tertiary/aromatic N) is 1. The van der Waals surface area contributed by atoms with Crippen molar-refractivity contribution in [3.05, 3.63) is 69.6 Å². The average Bonchev–Trinajstić information content (AvgIpc) is 3.25. The van der Waals surface area contributed by atoms with Crippen molar-refractivity contribution in [3.8, 4) is 16.3 Å². The summed E-state index contributed by atoms with van der Waals surface area (Å²) in [6, 6.07) is 15.8. The number of amides is 1. The number of methoxy groups -OCH3 is 1. The van der Waals surface area contributed by atoms with Crippen LogP contribution >= 0.6 is 27.3 Å². The van der Waals surface area contributed by atoms with E-state index in [-0.39, 0.29) is 5.91 Å². The lowest BCUT2D eigenvalue weighted by Gasteiger charge is -2.38. The summed E-state index contributed by atoms with van der Waals surface area (Å²) < 4.78 is 11.7. The van der Waals surface area contributed by atoms with E-state index in [4.69, 9.17) is 9.47 Å². The molecule has 3 aromatic rings. The van der Waals surface area contributed by atoms with Crippen molar-refractivity contribution in [2.75, 3.05) is 20.3 Å². The molecule has 5 nitrogen and oxygen atoms in total. The van der Waals surface area contributed by atoms with E-state index < -0.39 is 5.54 Å². The van der Waals surface area contributed by atoms with Crippen LogP contribution in [0.4, 0.5) is 0 Å². The number of ether oxygens (including phenoxy) is 2. The van der Waals surface area contributed by atoms with E-state index in [1.807, 2.05) is 41.8 Å². The fraction of sp³-hybridized carbons (Fsp3) is 0.273. The molecule has 0 aliphatic carbocycles. The molecule has 1 aromatic heterocycles. The van der Waals surface area contributed by atoms with Crippen molar-refractivity contribution in [3.63, 3.8) is 0 Å². The number of nitrogens with one attached hydrogen (secondary N) is 1. The molecule has 0 spiro atoms. The average molecular weight is 473 g/mol. The van der Waals surface area contributed by atoms with Gasteiger partial charge in [0.2, 0.25) is 0 Å². The van der Waals surface area contributed by atoms with Crippen LogP contribution in [-0.2, 0) is 10.3 Å². The first-order valence-electron chi connectivity index (χ1n) is 9.36. The summed E-state index contributed by atoms with van der Waals surface area (Å²) in [6.45, 7) is 1.22. The molecule has 1 aliphatic rings. The zero-order chi connectivity index (χ0) is 20.3. The van der Waals surface area contributed by atoms with Gasteiger partial charge in [-0.25, -0.2) is 4.98 Å². The maximum Gasteiger partial charge on any atom is 0.271 e. The molecule has 2 aromatic carbocycles. The third kappa shape index (κ3) is 4.37. The summed E-state index contributed by atoms with van der Waals surface area (Å²) in [5.74, 6) is 0.627. The van der Waals surface area contributed by atoms with E-state index in [0.717, 1.165) is 39.2 Å². The largest absolute Gasteiger partial charge is 0.497 e. The van der Waals surface area contributed by atoms with Crippen LogP contribution in [-0.4, -0.2) is 31.2 Å². The van der Waals surface area contributed by atoms with Crippen LogP contribution in [0.1, 0.15) is 28.9 Å². The van der Waals surface area contributed by atoms with Crippen LogP contribution in [0.2, 0.25) is 0 Å². The van der Waals surface area contributed by atoms with Crippen LogP contribution in [0.25, 0.3) is 10.6 Å². The second-order valence-electron chi connectivity index (χ2n) is 6.93. The Morgan fingerprint density at radius 1 is 1.21 bits per heavy atom. The molecule has 150 valence electrons. The van der Waals surface area contributed by atoms with Gasteiger partial charge < -0.3 is 14.8 Å². The van der Waals surface area contributed by atoms with Gasteiger partial charge in [0.25, 0.3) is 5.91 Å². The number of hydrogen-bond acceptors (Lipinski definition) is 5. The second-order valence-corrected chi connectivity index (χ2v) is 8.70. The molecule has 7 heteroatoms. The smallest absolute Gasteiger partial charge is 0.271 e. The molecule has 0 radical (unpaired) electrons. The Bertz CT molecular complexity index is 997. The molecule has 4 rings (SSSR count). The molecular formula is C22H21BrN2O3S. The number of hydrogen-bond donors (Lipinski definition) is 1. The van der Waals surface area contributed by atoms with Crippen molar-refractivity contribution < 1.29 is 14.3 Å². The third-order valence-electron chi connectivity index (χ3n) is 5.15. The molecule has 1 aliphatic heterocycles. The number of carbonyl (C=O) groups excluding carboxylic acids is 1. The molecule has 0 bridgehead atoms. The highest BCUT2D eigenvalue weighted by Gasteiger charge is 2.36. The fourth-order valence-corrected chi connectivity index (χ4v) is 4.72. The standard InChI is InChI=1S/C22H21BrN2O3S/c1-27-18-7-5-15(6-8-18)21-24-19(14-29-21)20(26)25-22(9-11-28-12-10-22)16-3-2-4-17(23)13-16/h2-8,13-14H,9-12H2,1H3,(H,25,26). The van der Waals surface area contributed by atoms with Gasteiger partial charge in [-0.15, -0.1) is 11.3 Å². The molecule has 2 heterocycles. The summed E-state index contributed by atoms with van der Waals surface area (Å²) in [7, 11) is 1.64. The monoisotopic (exact) mass is 472 g/mol. The molecular weight excluding hydrogens is 452 g/mol. The number of halogens is 1. The zero-order valence-corrected chi connectivity index (χ0v) is 18.4. The Balaban J connectivity index is 1.57. The van der Waals surface area contributed by atoms with Crippen LogP contribution in [0, 0.1) is 0 Å². The van der Waals surface area contributed by atoms with Gasteiger partial charge in [0.1, 0.15) is 16.5 Å². The summed E-state index contributed by atoms with van der Waals surface area (Å²) in [5.41, 5.74) is 2.02. The lowest BCUT2D eigenvalue weighted by atomic mass is 9.82. The Kier molecular flexibility index (Phi) is 5.99. The van der Waals surface area contributed by atoms with Gasteiger partial charge in [-0.1, -0.05) is 28.1 Å². The lowest BCUT2D eigenvalue weighted by molar-refractivity contribution is 0.0344. The minimum absolute atomic E-state index is 0.164. The van der Waals surface area contributed by atoms with Gasteiger partial charge in [0.15, 0.2) is 0 Å². The van der Waals surface area contributed by atoms with Gasteiger partial charge in [-0.05, 0) is 54.8 Å². The predicted molar refractivity (Wildman–Crippen MR) is 117 cm³/mol. The topological polar surface area (TPSA) is 60.5 Å². The highest BCUT2D eigenvalue weighted by atomic mass is 79.9. The van der Waals surface area contributed by atoms with Gasteiger partial charge in [0, 0.05) is 28.6 Å². The number of aromatic nitrogens is 1. The zero-order valence-electron chi connectivity index (χ0n) is 16.0. The van der Waals surface area contributed by atoms with Crippen molar-refractivity contribution in [1.82, 2.24) is 10.3 Å². The van der Waals surface area contributed by atoms with E-state index in [2.05, 4.69) is 38.4 Å².